The van der Waals surface area contributed by atoms with Crippen molar-refractivity contribution in [2.24, 2.45) is 0 Å². The molecule has 1 aliphatic rings. The highest BCUT2D eigenvalue weighted by Gasteiger charge is 2.26. The summed E-state index contributed by atoms with van der Waals surface area (Å²) < 4.78 is 0.867. The number of aromatic nitrogens is 2. The first-order valence-corrected chi connectivity index (χ1v) is 6.66. The first kappa shape index (κ1) is 12.2. The van der Waals surface area contributed by atoms with E-state index in [2.05, 4.69) is 36.5 Å². The van der Waals surface area contributed by atoms with Crippen molar-refractivity contribution in [1.29, 1.82) is 0 Å². The molecule has 3 N–H and O–H groups in total. The Labute approximate surface area is 117 Å². The number of amides is 2. The Morgan fingerprint density at radius 3 is 3.05 bits per heavy atom. The Balaban J connectivity index is 1.85. The van der Waals surface area contributed by atoms with Crippen LogP contribution in [0.3, 0.4) is 0 Å². The molecule has 0 aliphatic carbocycles. The average Bonchev–Trinajstić information content (AvgIpc) is 2.97. The molecule has 0 spiro atoms. The average molecular weight is 323 g/mol. The molecule has 1 fully saturated rings. The smallest absolute Gasteiger partial charge is 0.268 e. The topological polar surface area (TPSA) is 86.9 Å². The lowest BCUT2D eigenvalue weighted by Gasteiger charge is -2.08. The number of aromatic amines is 1. The molecule has 0 bridgehead atoms. The first-order chi connectivity index (χ1) is 9.15. The molecular weight excluding hydrogens is 312 g/mol. The zero-order valence-electron chi connectivity index (χ0n) is 9.87. The normalized spacial score (nSPS) is 18.6. The van der Waals surface area contributed by atoms with Gasteiger partial charge >= 0.3 is 0 Å². The van der Waals surface area contributed by atoms with E-state index < -0.39 is 6.04 Å². The number of hydrogen-bond acceptors (Lipinski definition) is 3. The number of rotatable bonds is 2. The second-order valence-electron chi connectivity index (χ2n) is 4.34. The standard InChI is InChI=1S/C12H11BrN4O2/c13-7-1-3-14-10-6(7)5-9(16-10)12(19)17-8-2-4-15-11(8)18/h1,3,5,8H,2,4H2,(H,14,16)(H,15,18)(H,17,19). The van der Waals surface area contributed by atoms with Crippen LogP contribution in [0.2, 0.25) is 0 Å². The molecule has 6 nitrogen and oxygen atoms in total. The van der Waals surface area contributed by atoms with Gasteiger partial charge in [-0.15, -0.1) is 0 Å². The molecule has 19 heavy (non-hydrogen) atoms. The summed E-state index contributed by atoms with van der Waals surface area (Å²) in [6, 6.07) is 3.08. The van der Waals surface area contributed by atoms with Crippen LogP contribution in [0.1, 0.15) is 16.9 Å². The highest BCUT2D eigenvalue weighted by Crippen LogP contribution is 2.22. The third-order valence-corrected chi connectivity index (χ3v) is 3.77. The van der Waals surface area contributed by atoms with Crippen LogP contribution in [0, 0.1) is 0 Å². The van der Waals surface area contributed by atoms with E-state index >= 15 is 0 Å². The molecule has 1 unspecified atom stereocenters. The summed E-state index contributed by atoms with van der Waals surface area (Å²) in [5, 5.41) is 6.22. The Hall–Kier alpha value is -1.89. The van der Waals surface area contributed by atoms with Crippen molar-refractivity contribution < 1.29 is 9.59 Å². The van der Waals surface area contributed by atoms with Crippen LogP contribution in [-0.4, -0.2) is 34.4 Å². The van der Waals surface area contributed by atoms with E-state index in [1.54, 1.807) is 12.3 Å². The summed E-state index contributed by atoms with van der Waals surface area (Å²) in [4.78, 5) is 30.6. The van der Waals surface area contributed by atoms with Crippen LogP contribution >= 0.6 is 15.9 Å². The van der Waals surface area contributed by atoms with Gasteiger partial charge in [0.05, 0.1) is 0 Å². The van der Waals surface area contributed by atoms with E-state index in [1.807, 2.05) is 6.07 Å². The van der Waals surface area contributed by atoms with Crippen molar-refractivity contribution in [3.8, 4) is 0 Å². The molecule has 2 aromatic rings. The number of nitrogens with zero attached hydrogens (tertiary/aromatic N) is 1. The van der Waals surface area contributed by atoms with E-state index in [0.29, 0.717) is 24.3 Å². The molecule has 98 valence electrons. The lowest BCUT2D eigenvalue weighted by Crippen LogP contribution is -2.40. The van der Waals surface area contributed by atoms with Crippen LogP contribution in [0.5, 0.6) is 0 Å². The Bertz CT molecular complexity index is 667. The van der Waals surface area contributed by atoms with Crippen LogP contribution < -0.4 is 10.6 Å². The predicted molar refractivity (Wildman–Crippen MR) is 72.7 cm³/mol. The fourth-order valence-electron chi connectivity index (χ4n) is 2.08. The van der Waals surface area contributed by atoms with Crippen LogP contribution in [-0.2, 0) is 4.79 Å². The second kappa shape index (κ2) is 4.65. The zero-order chi connectivity index (χ0) is 13.4. The quantitative estimate of drug-likeness (QED) is 0.769. The summed E-state index contributed by atoms with van der Waals surface area (Å²) in [7, 11) is 0. The fourth-order valence-corrected chi connectivity index (χ4v) is 2.51. The van der Waals surface area contributed by atoms with Gasteiger partial charge in [0.25, 0.3) is 5.91 Å². The number of fused-ring (bicyclic) bond motifs is 1. The molecule has 7 heteroatoms. The van der Waals surface area contributed by atoms with E-state index in [0.717, 1.165) is 9.86 Å². The van der Waals surface area contributed by atoms with Gasteiger partial charge in [0.1, 0.15) is 17.4 Å². The molecule has 2 aromatic heterocycles. The molecule has 1 aliphatic heterocycles. The number of carbonyl (C=O) groups excluding carboxylic acids is 2. The second-order valence-corrected chi connectivity index (χ2v) is 5.20. The lowest BCUT2D eigenvalue weighted by molar-refractivity contribution is -0.120. The maximum absolute atomic E-state index is 12.1. The summed E-state index contributed by atoms with van der Waals surface area (Å²) in [6.45, 7) is 0.601. The molecule has 1 saturated heterocycles. The highest BCUT2D eigenvalue weighted by atomic mass is 79.9. The molecule has 0 radical (unpaired) electrons. The Morgan fingerprint density at radius 2 is 2.37 bits per heavy atom. The van der Waals surface area contributed by atoms with E-state index in [4.69, 9.17) is 0 Å². The van der Waals surface area contributed by atoms with Crippen molar-refractivity contribution >= 4 is 38.8 Å². The minimum Gasteiger partial charge on any atom is -0.354 e. The summed E-state index contributed by atoms with van der Waals surface area (Å²) >= 11 is 3.40. The molecular formula is C12H11BrN4O2. The van der Waals surface area contributed by atoms with Crippen LogP contribution in [0.25, 0.3) is 11.0 Å². The SMILES string of the molecule is O=C(NC1CCNC1=O)c1cc2c(Br)ccnc2[nH]1. The van der Waals surface area contributed by atoms with Gasteiger partial charge in [0, 0.05) is 22.6 Å². The number of H-pyrrole nitrogens is 1. The summed E-state index contributed by atoms with van der Waals surface area (Å²) in [5.41, 5.74) is 1.03. The third-order valence-electron chi connectivity index (χ3n) is 3.08. The maximum atomic E-state index is 12.1. The van der Waals surface area contributed by atoms with E-state index in [-0.39, 0.29) is 11.8 Å². The van der Waals surface area contributed by atoms with Crippen molar-refractivity contribution in [3.05, 3.63) is 28.5 Å². The van der Waals surface area contributed by atoms with Gasteiger partial charge in [-0.3, -0.25) is 9.59 Å². The molecule has 3 rings (SSSR count). The molecule has 1 atom stereocenters. The molecule has 0 saturated carbocycles. The first-order valence-electron chi connectivity index (χ1n) is 5.87. The number of nitrogens with one attached hydrogen (secondary N) is 3. The van der Waals surface area contributed by atoms with Crippen molar-refractivity contribution in [2.45, 2.75) is 12.5 Å². The van der Waals surface area contributed by atoms with Crippen LogP contribution in [0.15, 0.2) is 22.8 Å². The predicted octanol–water partition coefficient (Wildman–Crippen LogP) is 0.944. The number of pyridine rings is 1. The summed E-state index contributed by atoms with van der Waals surface area (Å²) in [5.74, 6) is -0.435. The Morgan fingerprint density at radius 1 is 1.53 bits per heavy atom. The highest BCUT2D eigenvalue weighted by molar-refractivity contribution is 9.10. The van der Waals surface area contributed by atoms with E-state index in [9.17, 15) is 9.59 Å². The number of carbonyl (C=O) groups is 2. The van der Waals surface area contributed by atoms with Gasteiger partial charge in [-0.25, -0.2) is 4.98 Å². The van der Waals surface area contributed by atoms with Gasteiger partial charge in [0.2, 0.25) is 5.91 Å². The van der Waals surface area contributed by atoms with Crippen LogP contribution in [0.4, 0.5) is 0 Å². The van der Waals surface area contributed by atoms with Gasteiger partial charge in [0.15, 0.2) is 0 Å². The minimum atomic E-state index is -0.449. The largest absolute Gasteiger partial charge is 0.354 e. The maximum Gasteiger partial charge on any atom is 0.268 e. The van der Waals surface area contributed by atoms with Crippen molar-refractivity contribution in [2.75, 3.05) is 6.54 Å². The summed E-state index contributed by atoms with van der Waals surface area (Å²) in [6.07, 6.45) is 2.27. The number of halogens is 1. The van der Waals surface area contributed by atoms with Crippen molar-refractivity contribution in [3.63, 3.8) is 0 Å². The zero-order valence-corrected chi connectivity index (χ0v) is 11.5. The van der Waals surface area contributed by atoms with Gasteiger partial charge in [-0.1, -0.05) is 0 Å². The lowest BCUT2D eigenvalue weighted by atomic mass is 10.2. The molecule has 3 heterocycles. The van der Waals surface area contributed by atoms with Gasteiger partial charge in [-0.05, 0) is 34.5 Å². The fraction of sp³-hybridized carbons (Fsp3) is 0.250. The monoisotopic (exact) mass is 322 g/mol. The Kier molecular flexibility index (Phi) is 2.98. The van der Waals surface area contributed by atoms with E-state index in [1.165, 1.54) is 0 Å². The van der Waals surface area contributed by atoms with Gasteiger partial charge in [-0.2, -0.15) is 0 Å². The molecule has 2 amide bonds. The number of hydrogen-bond donors (Lipinski definition) is 3. The van der Waals surface area contributed by atoms with Crippen molar-refractivity contribution in [1.82, 2.24) is 20.6 Å². The van der Waals surface area contributed by atoms with Gasteiger partial charge < -0.3 is 15.6 Å². The minimum absolute atomic E-state index is 0.135. The third kappa shape index (κ3) is 2.21. The molecule has 0 aromatic carbocycles.